The number of thioether (sulfide) groups is 1. The Labute approximate surface area is 258 Å². The summed E-state index contributed by atoms with van der Waals surface area (Å²) in [7, 11) is 2.03. The average molecular weight is 623 g/mol. The highest BCUT2D eigenvalue weighted by atomic mass is 32.2. The molecule has 8 nitrogen and oxygen atoms in total. The van der Waals surface area contributed by atoms with Gasteiger partial charge in [0, 0.05) is 41.5 Å². The van der Waals surface area contributed by atoms with E-state index in [9.17, 15) is 13.6 Å². The predicted molar refractivity (Wildman–Crippen MR) is 165 cm³/mol. The van der Waals surface area contributed by atoms with Crippen molar-refractivity contribution in [2.24, 2.45) is 0 Å². The molecule has 3 aliphatic rings. The normalized spacial score (nSPS) is 20.4. The Hall–Kier alpha value is -3.82. The second kappa shape index (κ2) is 12.7. The maximum absolute atomic E-state index is 16.6. The van der Waals surface area contributed by atoms with Gasteiger partial charge in [-0.1, -0.05) is 18.7 Å². The van der Waals surface area contributed by atoms with Crippen LogP contribution < -0.4 is 9.64 Å². The summed E-state index contributed by atoms with van der Waals surface area (Å²) in [5.41, 5.74) is 1.83. The van der Waals surface area contributed by atoms with Crippen LogP contribution in [0.15, 0.2) is 41.6 Å². The molecule has 0 spiro atoms. The fourth-order valence-corrected chi connectivity index (χ4v) is 7.50. The van der Waals surface area contributed by atoms with Crippen molar-refractivity contribution in [3.8, 4) is 17.1 Å². The van der Waals surface area contributed by atoms with Crippen LogP contribution in [0.2, 0.25) is 0 Å². The lowest BCUT2D eigenvalue weighted by atomic mass is 9.95. The molecule has 1 amide bonds. The van der Waals surface area contributed by atoms with Crippen LogP contribution >= 0.6 is 11.8 Å². The minimum atomic E-state index is -1.08. The molecule has 0 saturated carbocycles. The molecule has 0 radical (unpaired) electrons. The van der Waals surface area contributed by atoms with Crippen LogP contribution in [-0.4, -0.2) is 89.9 Å². The third kappa shape index (κ3) is 5.71. The molecule has 1 aromatic heterocycles. The Balaban J connectivity index is 1.43. The molecule has 12 heteroatoms. The molecule has 2 saturated heterocycles. The van der Waals surface area contributed by atoms with Gasteiger partial charge in [-0.05, 0) is 68.3 Å². The third-order valence-electron chi connectivity index (χ3n) is 8.74. The number of aromatic nitrogens is 2. The number of piperazine rings is 1. The first-order valence-corrected chi connectivity index (χ1v) is 15.8. The largest absolute Gasteiger partial charge is 0.462 e. The number of likely N-dealkylation sites (N-methyl/N-ethyl adjacent to an activating group) is 1. The number of carbonyl (C=O) groups excluding carboxylic acids is 1. The number of hydrogen-bond donors (Lipinski definition) is 0. The third-order valence-corrected chi connectivity index (χ3v) is 9.96. The smallest absolute Gasteiger partial charge is 0.319 e. The van der Waals surface area contributed by atoms with Gasteiger partial charge >= 0.3 is 6.01 Å². The molecule has 0 aliphatic carbocycles. The fourth-order valence-electron chi connectivity index (χ4n) is 6.41. The Kier molecular flexibility index (Phi) is 8.69. The SMILES string of the molecule is [C-]#[N+]C[C@H]1CN(c2nc(OC[C@@H]3CCCN3C)nc3c(F)c(-c4ccc(F)c5c4CCCS5)ccc23)CCN1C(=O)C(=C)F. The summed E-state index contributed by atoms with van der Waals surface area (Å²) in [5, 5.41) is 0.443. The molecule has 230 valence electrons. The van der Waals surface area contributed by atoms with E-state index in [2.05, 4.69) is 21.3 Å². The molecular weight excluding hydrogens is 589 g/mol. The number of benzene rings is 2. The van der Waals surface area contributed by atoms with Crippen molar-refractivity contribution in [3.63, 3.8) is 0 Å². The van der Waals surface area contributed by atoms with Gasteiger partial charge in [-0.3, -0.25) is 4.79 Å². The molecule has 2 fully saturated rings. The average Bonchev–Trinajstić information content (AvgIpc) is 3.44. The van der Waals surface area contributed by atoms with Crippen molar-refractivity contribution in [3.05, 3.63) is 65.3 Å². The first-order chi connectivity index (χ1) is 21.3. The van der Waals surface area contributed by atoms with Gasteiger partial charge in [0.25, 0.3) is 5.91 Å². The van der Waals surface area contributed by atoms with E-state index in [0.29, 0.717) is 40.3 Å². The minimum Gasteiger partial charge on any atom is -0.462 e. The van der Waals surface area contributed by atoms with Crippen molar-refractivity contribution in [2.75, 3.05) is 57.0 Å². The number of likely N-dealkylation sites (tertiary alicyclic amines) is 1. The standard InChI is InChI=1S/C32H33F3N6O2S/c1-19(33)31(42)41-14-13-40(17-21(41)16-36-2)30-25-9-8-23(22-10-11-26(34)29-24(22)7-5-15-44-29)27(35)28(25)37-32(38-30)43-18-20-6-4-12-39(20)3/h8-11,20-21H,1,4-7,12-18H2,3H3/t20-,21-/m0/s1. The number of carbonyl (C=O) groups is 1. The maximum atomic E-state index is 16.6. The molecule has 0 N–H and O–H groups in total. The van der Waals surface area contributed by atoms with Gasteiger partial charge < -0.3 is 24.3 Å². The summed E-state index contributed by atoms with van der Waals surface area (Å²) in [5.74, 6) is -1.55. The van der Waals surface area contributed by atoms with Crippen LogP contribution in [0, 0.1) is 18.2 Å². The predicted octanol–water partition coefficient (Wildman–Crippen LogP) is 5.51. The van der Waals surface area contributed by atoms with Crippen molar-refractivity contribution in [1.82, 2.24) is 19.8 Å². The molecule has 0 unspecified atom stereocenters. The van der Waals surface area contributed by atoms with Crippen LogP contribution in [0.25, 0.3) is 26.9 Å². The monoisotopic (exact) mass is 622 g/mol. The highest BCUT2D eigenvalue weighted by molar-refractivity contribution is 7.99. The molecule has 3 aliphatic heterocycles. The molecule has 44 heavy (non-hydrogen) atoms. The van der Waals surface area contributed by atoms with E-state index < -0.39 is 23.6 Å². The zero-order valence-corrected chi connectivity index (χ0v) is 25.3. The van der Waals surface area contributed by atoms with Gasteiger partial charge in [-0.25, -0.2) is 19.7 Å². The van der Waals surface area contributed by atoms with E-state index in [1.165, 1.54) is 22.7 Å². The molecule has 4 heterocycles. The lowest BCUT2D eigenvalue weighted by Crippen LogP contribution is -2.56. The summed E-state index contributed by atoms with van der Waals surface area (Å²) in [6.07, 6.45) is 3.56. The Bertz CT molecular complexity index is 1660. The summed E-state index contributed by atoms with van der Waals surface area (Å²) in [4.78, 5) is 31.2. The number of nitrogens with zero attached hydrogens (tertiary/aromatic N) is 6. The topological polar surface area (TPSA) is 66.2 Å². The van der Waals surface area contributed by atoms with Gasteiger partial charge in [0.2, 0.25) is 6.54 Å². The molecule has 2 atom stereocenters. The number of halogens is 3. The first kappa shape index (κ1) is 30.2. The minimum absolute atomic E-state index is 0.0258. The van der Waals surface area contributed by atoms with E-state index in [4.69, 9.17) is 16.3 Å². The molecule has 3 aromatic rings. The van der Waals surface area contributed by atoms with Gasteiger partial charge in [-0.2, -0.15) is 9.97 Å². The van der Waals surface area contributed by atoms with Gasteiger partial charge in [0.15, 0.2) is 11.6 Å². The van der Waals surface area contributed by atoms with Crippen molar-refractivity contribution in [1.29, 1.82) is 0 Å². The Morgan fingerprint density at radius 1 is 1.14 bits per heavy atom. The number of fused-ring (bicyclic) bond motifs is 2. The zero-order valence-electron chi connectivity index (χ0n) is 24.5. The van der Waals surface area contributed by atoms with Gasteiger partial charge in [-0.15, -0.1) is 11.8 Å². The number of ether oxygens (including phenoxy) is 1. The van der Waals surface area contributed by atoms with Crippen molar-refractivity contribution >= 4 is 34.4 Å². The zero-order chi connectivity index (χ0) is 31.0. The highest BCUT2D eigenvalue weighted by Gasteiger charge is 2.35. The van der Waals surface area contributed by atoms with Crippen LogP contribution in [0.5, 0.6) is 6.01 Å². The van der Waals surface area contributed by atoms with Gasteiger partial charge in [0.05, 0.1) is 0 Å². The fraction of sp³-hybridized carbons (Fsp3) is 0.438. The van der Waals surface area contributed by atoms with E-state index in [1.807, 2.05) is 11.9 Å². The van der Waals surface area contributed by atoms with Gasteiger partial charge in [0.1, 0.15) is 29.8 Å². The Morgan fingerprint density at radius 2 is 1.95 bits per heavy atom. The van der Waals surface area contributed by atoms with E-state index in [1.54, 1.807) is 18.2 Å². The molecule has 0 bridgehead atoms. The lowest BCUT2D eigenvalue weighted by molar-refractivity contribution is -0.131. The van der Waals surface area contributed by atoms with Crippen LogP contribution in [0.3, 0.4) is 0 Å². The summed E-state index contributed by atoms with van der Waals surface area (Å²) >= 11 is 1.45. The second-order valence-electron chi connectivity index (χ2n) is 11.4. The first-order valence-electron chi connectivity index (χ1n) is 14.8. The number of hydrogen-bond acceptors (Lipinski definition) is 7. The number of amides is 1. The Morgan fingerprint density at radius 3 is 2.70 bits per heavy atom. The number of anilines is 1. The summed E-state index contributed by atoms with van der Waals surface area (Å²) in [6, 6.07) is 6.04. The van der Waals surface area contributed by atoms with E-state index in [-0.39, 0.29) is 49.6 Å². The highest BCUT2D eigenvalue weighted by Crippen LogP contribution is 2.41. The molecule has 2 aromatic carbocycles. The van der Waals surface area contributed by atoms with Crippen LogP contribution in [0.1, 0.15) is 24.8 Å². The van der Waals surface area contributed by atoms with Crippen LogP contribution in [0.4, 0.5) is 19.0 Å². The molecular formula is C32H33F3N6O2S. The van der Waals surface area contributed by atoms with Crippen molar-refractivity contribution in [2.45, 2.75) is 42.7 Å². The second-order valence-corrected chi connectivity index (χ2v) is 12.5. The maximum Gasteiger partial charge on any atom is 0.319 e. The summed E-state index contributed by atoms with van der Waals surface area (Å²) < 4.78 is 51.1. The van der Waals surface area contributed by atoms with E-state index >= 15 is 4.39 Å². The van der Waals surface area contributed by atoms with Crippen LogP contribution in [-0.2, 0) is 11.2 Å². The lowest BCUT2D eigenvalue weighted by Gasteiger charge is -2.39. The van der Waals surface area contributed by atoms with Crippen molar-refractivity contribution < 1.29 is 22.7 Å². The number of rotatable bonds is 7. The summed E-state index contributed by atoms with van der Waals surface area (Å²) in [6.45, 7) is 12.4. The molecule has 6 rings (SSSR count). The van der Waals surface area contributed by atoms with E-state index in [0.717, 1.165) is 37.1 Å². The quantitative estimate of drug-likeness (QED) is 0.255.